The Morgan fingerprint density at radius 2 is 1.90 bits per heavy atom. The van der Waals surface area contributed by atoms with Gasteiger partial charge in [-0.1, -0.05) is 58.0 Å². The molecular weight excluding hydrogens is 246 g/mol. The second kappa shape index (κ2) is 6.23. The van der Waals surface area contributed by atoms with Gasteiger partial charge in [0, 0.05) is 18.7 Å². The highest BCUT2D eigenvalue weighted by atomic mass is 15.1. The number of hydrogen-bond donors (Lipinski definition) is 2. The van der Waals surface area contributed by atoms with E-state index in [-0.39, 0.29) is 0 Å². The molecule has 0 aliphatic carbocycles. The highest BCUT2D eigenvalue weighted by molar-refractivity contribution is 5.62. The predicted octanol–water partition coefficient (Wildman–Crippen LogP) is 3.85. The van der Waals surface area contributed by atoms with Crippen LogP contribution in [-0.2, 0) is 6.54 Å². The van der Waals surface area contributed by atoms with Gasteiger partial charge in [-0.2, -0.15) is 5.10 Å². The van der Waals surface area contributed by atoms with Crippen molar-refractivity contribution in [2.24, 2.45) is 11.3 Å². The van der Waals surface area contributed by atoms with Crippen LogP contribution in [0.15, 0.2) is 36.5 Å². The Morgan fingerprint density at radius 1 is 1.20 bits per heavy atom. The molecule has 2 rings (SSSR count). The summed E-state index contributed by atoms with van der Waals surface area (Å²) in [5.41, 5.74) is 3.82. The minimum absolute atomic E-state index is 0.302. The fourth-order valence-corrected chi connectivity index (χ4v) is 2.02. The number of aromatic nitrogens is 2. The van der Waals surface area contributed by atoms with Gasteiger partial charge in [0.1, 0.15) is 0 Å². The number of nitrogens with one attached hydrogen (secondary N) is 2. The van der Waals surface area contributed by atoms with E-state index in [9.17, 15) is 0 Å². The fourth-order valence-electron chi connectivity index (χ4n) is 2.02. The molecule has 1 aromatic heterocycles. The number of hydrogen-bond acceptors (Lipinski definition) is 2. The lowest BCUT2D eigenvalue weighted by molar-refractivity contribution is 0.238. The van der Waals surface area contributed by atoms with Crippen molar-refractivity contribution in [3.8, 4) is 11.3 Å². The summed E-state index contributed by atoms with van der Waals surface area (Å²) in [5.74, 6) is 0.660. The lowest BCUT2D eigenvalue weighted by Crippen LogP contribution is -2.33. The molecule has 0 bridgehead atoms. The Morgan fingerprint density at radius 3 is 2.55 bits per heavy atom. The summed E-state index contributed by atoms with van der Waals surface area (Å²) in [6, 6.07) is 10.3. The summed E-state index contributed by atoms with van der Waals surface area (Å²) in [7, 11) is 0. The molecule has 0 unspecified atom stereocenters. The summed E-state index contributed by atoms with van der Waals surface area (Å²) in [4.78, 5) is 0. The van der Waals surface area contributed by atoms with Crippen molar-refractivity contribution in [2.45, 2.75) is 34.2 Å². The molecule has 108 valence electrons. The maximum Gasteiger partial charge on any atom is 0.0695 e. The first-order chi connectivity index (χ1) is 9.50. The van der Waals surface area contributed by atoms with Gasteiger partial charge in [0.25, 0.3) is 0 Å². The van der Waals surface area contributed by atoms with Crippen molar-refractivity contribution in [2.75, 3.05) is 6.54 Å². The summed E-state index contributed by atoms with van der Waals surface area (Å²) in [6.07, 6.45) is 1.91. The molecule has 3 nitrogen and oxygen atoms in total. The molecule has 1 heterocycles. The highest BCUT2D eigenvalue weighted by Gasteiger charge is 2.21. The van der Waals surface area contributed by atoms with Gasteiger partial charge in [0.2, 0.25) is 0 Å². The van der Waals surface area contributed by atoms with Gasteiger partial charge in [-0.05, 0) is 16.9 Å². The molecule has 0 saturated carbocycles. The zero-order chi connectivity index (χ0) is 14.6. The Balaban J connectivity index is 2.00. The monoisotopic (exact) mass is 271 g/mol. The number of benzene rings is 1. The van der Waals surface area contributed by atoms with Gasteiger partial charge >= 0.3 is 0 Å². The van der Waals surface area contributed by atoms with E-state index in [1.54, 1.807) is 0 Å². The van der Waals surface area contributed by atoms with E-state index in [0.29, 0.717) is 11.3 Å². The zero-order valence-corrected chi connectivity index (χ0v) is 12.9. The molecule has 0 atom stereocenters. The van der Waals surface area contributed by atoms with Crippen LogP contribution in [0, 0.1) is 11.3 Å². The summed E-state index contributed by atoms with van der Waals surface area (Å²) in [6.45, 7) is 11.0. The number of rotatable bonds is 6. The second-order valence-corrected chi connectivity index (χ2v) is 6.38. The quantitative estimate of drug-likeness (QED) is 0.838. The van der Waals surface area contributed by atoms with Gasteiger partial charge in [0.15, 0.2) is 0 Å². The molecule has 20 heavy (non-hydrogen) atoms. The predicted molar refractivity (Wildman–Crippen MR) is 84.3 cm³/mol. The van der Waals surface area contributed by atoms with Crippen molar-refractivity contribution in [1.82, 2.24) is 15.5 Å². The molecule has 1 aromatic carbocycles. The molecule has 2 N–H and O–H groups in total. The molecule has 0 aliphatic rings. The SMILES string of the molecule is CC(C)C(C)(C)CNCc1cn[nH]c1-c1ccccc1. The third kappa shape index (κ3) is 3.48. The van der Waals surface area contributed by atoms with Gasteiger partial charge < -0.3 is 5.32 Å². The summed E-state index contributed by atoms with van der Waals surface area (Å²) < 4.78 is 0. The van der Waals surface area contributed by atoms with Crippen LogP contribution in [0.2, 0.25) is 0 Å². The first-order valence-corrected chi connectivity index (χ1v) is 7.29. The van der Waals surface area contributed by atoms with Crippen molar-refractivity contribution in [1.29, 1.82) is 0 Å². The second-order valence-electron chi connectivity index (χ2n) is 6.38. The van der Waals surface area contributed by atoms with Crippen molar-refractivity contribution < 1.29 is 0 Å². The van der Waals surface area contributed by atoms with Crippen LogP contribution in [0.4, 0.5) is 0 Å². The average molecular weight is 271 g/mol. The minimum atomic E-state index is 0.302. The number of H-pyrrole nitrogens is 1. The number of nitrogens with zero attached hydrogens (tertiary/aromatic N) is 1. The molecule has 2 aromatic rings. The van der Waals surface area contributed by atoms with Crippen LogP contribution in [0.25, 0.3) is 11.3 Å². The van der Waals surface area contributed by atoms with E-state index in [4.69, 9.17) is 0 Å². The molecule has 0 radical (unpaired) electrons. The largest absolute Gasteiger partial charge is 0.312 e. The standard InChI is InChI=1S/C17H25N3/c1-13(2)17(3,4)12-18-10-15-11-19-20-16(15)14-8-6-5-7-9-14/h5-9,11,13,18H,10,12H2,1-4H3,(H,19,20). The summed E-state index contributed by atoms with van der Waals surface area (Å²) in [5, 5.41) is 10.8. The van der Waals surface area contributed by atoms with Crippen molar-refractivity contribution in [3.05, 3.63) is 42.1 Å². The number of aromatic amines is 1. The maximum absolute atomic E-state index is 4.18. The maximum atomic E-state index is 4.18. The van der Waals surface area contributed by atoms with Crippen LogP contribution < -0.4 is 5.32 Å². The van der Waals surface area contributed by atoms with E-state index < -0.39 is 0 Å². The van der Waals surface area contributed by atoms with E-state index >= 15 is 0 Å². The Bertz CT molecular complexity index is 526. The van der Waals surface area contributed by atoms with Crippen LogP contribution in [-0.4, -0.2) is 16.7 Å². The van der Waals surface area contributed by atoms with Crippen LogP contribution >= 0.6 is 0 Å². The molecular formula is C17H25N3. The lowest BCUT2D eigenvalue weighted by atomic mass is 9.81. The Kier molecular flexibility index (Phi) is 4.61. The first-order valence-electron chi connectivity index (χ1n) is 7.29. The molecule has 0 saturated heterocycles. The molecule has 0 amide bonds. The molecule has 0 fully saturated rings. The van der Waals surface area contributed by atoms with Crippen molar-refractivity contribution in [3.63, 3.8) is 0 Å². The molecule has 3 heteroatoms. The third-order valence-electron chi connectivity index (χ3n) is 4.24. The Hall–Kier alpha value is -1.61. The normalized spacial score (nSPS) is 12.1. The fraction of sp³-hybridized carbons (Fsp3) is 0.471. The third-order valence-corrected chi connectivity index (χ3v) is 4.24. The average Bonchev–Trinajstić information content (AvgIpc) is 2.88. The van der Waals surface area contributed by atoms with Crippen LogP contribution in [0.1, 0.15) is 33.3 Å². The minimum Gasteiger partial charge on any atom is -0.312 e. The highest BCUT2D eigenvalue weighted by Crippen LogP contribution is 2.25. The van der Waals surface area contributed by atoms with Gasteiger partial charge in [0.05, 0.1) is 11.9 Å². The van der Waals surface area contributed by atoms with Crippen LogP contribution in [0.3, 0.4) is 0 Å². The van der Waals surface area contributed by atoms with E-state index in [1.807, 2.05) is 12.3 Å². The smallest absolute Gasteiger partial charge is 0.0695 e. The van der Waals surface area contributed by atoms with Crippen LogP contribution in [0.5, 0.6) is 0 Å². The Labute approximate surface area is 121 Å². The van der Waals surface area contributed by atoms with Gasteiger partial charge in [-0.3, -0.25) is 5.10 Å². The molecule has 0 spiro atoms. The van der Waals surface area contributed by atoms with E-state index in [1.165, 1.54) is 11.1 Å². The lowest BCUT2D eigenvalue weighted by Gasteiger charge is -2.29. The topological polar surface area (TPSA) is 40.7 Å². The molecule has 0 aliphatic heterocycles. The summed E-state index contributed by atoms with van der Waals surface area (Å²) >= 11 is 0. The van der Waals surface area contributed by atoms with E-state index in [0.717, 1.165) is 18.8 Å². The first kappa shape index (κ1) is 14.8. The van der Waals surface area contributed by atoms with E-state index in [2.05, 4.69) is 67.5 Å². The van der Waals surface area contributed by atoms with Crippen molar-refractivity contribution >= 4 is 0 Å². The zero-order valence-electron chi connectivity index (χ0n) is 12.9. The van der Waals surface area contributed by atoms with Gasteiger partial charge in [-0.25, -0.2) is 0 Å². The van der Waals surface area contributed by atoms with Gasteiger partial charge in [-0.15, -0.1) is 0 Å².